The van der Waals surface area contributed by atoms with Gasteiger partial charge in [-0.3, -0.25) is 9.59 Å². The molecule has 0 aromatic heterocycles. The van der Waals surface area contributed by atoms with E-state index >= 15 is 0 Å². The van der Waals surface area contributed by atoms with Gasteiger partial charge in [-0.05, 0) is 76.3 Å². The lowest BCUT2D eigenvalue weighted by Crippen LogP contribution is -2.65. The van der Waals surface area contributed by atoms with E-state index in [0.29, 0.717) is 18.8 Å². The van der Waals surface area contributed by atoms with E-state index in [2.05, 4.69) is 46.6 Å². The predicted octanol–water partition coefficient (Wildman–Crippen LogP) is 4.65. The normalized spacial score (nSPS) is 26.4. The van der Waals surface area contributed by atoms with Crippen LogP contribution in [0, 0.1) is 16.7 Å². The standard InChI is InChI=1S/C21H39NO4/c1-19(2)20(3,4)22(6)15-14-21(19,5)16(11-9-13-18(25)26)10-7-8-12-17(23)24/h16H,7-15H2,1-6H3,(H,23,24)(H,25,26). The average Bonchev–Trinajstić information content (AvgIpc) is 2.52. The van der Waals surface area contributed by atoms with E-state index in [0.717, 1.165) is 32.2 Å². The Morgan fingerprint density at radius 2 is 1.42 bits per heavy atom. The third kappa shape index (κ3) is 4.79. The molecule has 0 saturated carbocycles. The van der Waals surface area contributed by atoms with Crippen molar-refractivity contribution in [2.75, 3.05) is 13.6 Å². The molecule has 0 aliphatic carbocycles. The lowest BCUT2D eigenvalue weighted by Gasteiger charge is -2.64. The Labute approximate surface area is 159 Å². The molecule has 1 aliphatic rings. The topological polar surface area (TPSA) is 77.8 Å². The number of carbonyl (C=O) groups is 2. The third-order valence-corrected chi connectivity index (χ3v) is 7.92. The molecule has 5 nitrogen and oxygen atoms in total. The van der Waals surface area contributed by atoms with Gasteiger partial charge in [-0.1, -0.05) is 27.2 Å². The Kier molecular flexibility index (Phi) is 7.70. The van der Waals surface area contributed by atoms with Crippen LogP contribution in [0.25, 0.3) is 0 Å². The first kappa shape index (κ1) is 22.9. The summed E-state index contributed by atoms with van der Waals surface area (Å²) in [6.07, 6.45) is 5.70. The van der Waals surface area contributed by atoms with Gasteiger partial charge in [0.2, 0.25) is 0 Å². The van der Waals surface area contributed by atoms with Gasteiger partial charge in [0.1, 0.15) is 0 Å². The van der Waals surface area contributed by atoms with Gasteiger partial charge < -0.3 is 15.1 Å². The Bertz CT molecular complexity index is 500. The smallest absolute Gasteiger partial charge is 0.303 e. The Morgan fingerprint density at radius 1 is 0.923 bits per heavy atom. The fourth-order valence-electron chi connectivity index (χ4n) is 4.83. The van der Waals surface area contributed by atoms with E-state index in [-0.39, 0.29) is 29.2 Å². The summed E-state index contributed by atoms with van der Waals surface area (Å²) < 4.78 is 0. The molecule has 0 amide bonds. The molecule has 2 unspecified atom stereocenters. The predicted molar refractivity (Wildman–Crippen MR) is 104 cm³/mol. The van der Waals surface area contributed by atoms with Crippen molar-refractivity contribution in [3.8, 4) is 0 Å². The molecule has 1 saturated heterocycles. The second kappa shape index (κ2) is 8.73. The fourth-order valence-corrected chi connectivity index (χ4v) is 4.83. The van der Waals surface area contributed by atoms with Crippen molar-refractivity contribution in [3.05, 3.63) is 0 Å². The number of carboxylic acid groups (broad SMARTS) is 2. The summed E-state index contributed by atoms with van der Waals surface area (Å²) >= 11 is 0. The molecule has 0 bridgehead atoms. The Hall–Kier alpha value is -1.10. The maximum absolute atomic E-state index is 11.0. The van der Waals surface area contributed by atoms with Crippen LogP contribution in [0.3, 0.4) is 0 Å². The highest BCUT2D eigenvalue weighted by Gasteiger charge is 2.57. The first-order chi connectivity index (χ1) is 11.9. The zero-order valence-electron chi connectivity index (χ0n) is 17.6. The quantitative estimate of drug-likeness (QED) is 0.548. The van der Waals surface area contributed by atoms with Crippen LogP contribution in [0.15, 0.2) is 0 Å². The maximum Gasteiger partial charge on any atom is 0.303 e. The Balaban J connectivity index is 2.97. The largest absolute Gasteiger partial charge is 0.481 e. The van der Waals surface area contributed by atoms with E-state index in [1.54, 1.807) is 0 Å². The van der Waals surface area contributed by atoms with Crippen molar-refractivity contribution in [3.63, 3.8) is 0 Å². The molecular weight excluding hydrogens is 330 g/mol. The van der Waals surface area contributed by atoms with Crippen LogP contribution in [0.5, 0.6) is 0 Å². The zero-order chi connectivity index (χ0) is 20.2. The molecule has 1 aliphatic heterocycles. The van der Waals surface area contributed by atoms with Crippen LogP contribution >= 0.6 is 0 Å². The van der Waals surface area contributed by atoms with E-state index in [9.17, 15) is 9.59 Å². The van der Waals surface area contributed by atoms with Gasteiger partial charge in [0.05, 0.1) is 0 Å². The number of hydrogen-bond acceptors (Lipinski definition) is 3. The van der Waals surface area contributed by atoms with Gasteiger partial charge >= 0.3 is 11.9 Å². The van der Waals surface area contributed by atoms with Gasteiger partial charge in [-0.2, -0.15) is 0 Å². The number of carboxylic acids is 2. The first-order valence-electron chi connectivity index (χ1n) is 10.0. The minimum Gasteiger partial charge on any atom is -0.481 e. The second-order valence-corrected chi connectivity index (χ2v) is 9.40. The minimum absolute atomic E-state index is 0.0477. The van der Waals surface area contributed by atoms with Crippen molar-refractivity contribution in [2.24, 2.45) is 16.7 Å². The van der Waals surface area contributed by atoms with Gasteiger partial charge in [0.25, 0.3) is 0 Å². The van der Waals surface area contributed by atoms with E-state index < -0.39 is 11.9 Å². The molecule has 2 atom stereocenters. The number of nitrogens with zero attached hydrogens (tertiary/aromatic N) is 1. The molecule has 1 heterocycles. The van der Waals surface area contributed by atoms with Gasteiger partial charge in [-0.25, -0.2) is 0 Å². The summed E-state index contributed by atoms with van der Waals surface area (Å²) in [5.74, 6) is -1.05. The van der Waals surface area contributed by atoms with Crippen LogP contribution < -0.4 is 0 Å². The van der Waals surface area contributed by atoms with E-state index in [1.807, 2.05) is 0 Å². The minimum atomic E-state index is -0.737. The van der Waals surface area contributed by atoms with Crippen molar-refractivity contribution >= 4 is 11.9 Å². The van der Waals surface area contributed by atoms with Crippen molar-refractivity contribution in [2.45, 2.75) is 91.5 Å². The number of unbranched alkanes of at least 4 members (excludes halogenated alkanes) is 1. The zero-order valence-corrected chi connectivity index (χ0v) is 17.6. The summed E-state index contributed by atoms with van der Waals surface area (Å²) in [7, 11) is 2.19. The molecular formula is C21H39NO4. The third-order valence-electron chi connectivity index (χ3n) is 7.92. The molecule has 1 rings (SSSR count). The second-order valence-electron chi connectivity index (χ2n) is 9.40. The molecule has 5 heteroatoms. The Morgan fingerprint density at radius 3 is 1.96 bits per heavy atom. The highest BCUT2D eigenvalue weighted by Crippen LogP contribution is 2.59. The average molecular weight is 370 g/mol. The van der Waals surface area contributed by atoms with E-state index in [1.165, 1.54) is 0 Å². The molecule has 0 aromatic rings. The molecule has 0 radical (unpaired) electrons. The summed E-state index contributed by atoms with van der Waals surface area (Å²) in [4.78, 5) is 24.2. The molecule has 152 valence electrons. The lowest BCUT2D eigenvalue weighted by molar-refractivity contribution is -0.143. The van der Waals surface area contributed by atoms with Gasteiger partial charge in [0, 0.05) is 18.4 Å². The van der Waals surface area contributed by atoms with Crippen molar-refractivity contribution in [1.29, 1.82) is 0 Å². The van der Waals surface area contributed by atoms with Crippen molar-refractivity contribution in [1.82, 2.24) is 4.90 Å². The highest BCUT2D eigenvalue weighted by molar-refractivity contribution is 5.66. The van der Waals surface area contributed by atoms with Crippen LogP contribution in [0.4, 0.5) is 0 Å². The lowest BCUT2D eigenvalue weighted by atomic mass is 9.48. The van der Waals surface area contributed by atoms with Crippen LogP contribution in [-0.4, -0.2) is 46.2 Å². The van der Waals surface area contributed by atoms with Crippen LogP contribution in [0.1, 0.15) is 86.0 Å². The number of likely N-dealkylation sites (tertiary alicyclic amines) is 1. The summed E-state index contributed by atoms with van der Waals surface area (Å²) in [6.45, 7) is 12.7. The van der Waals surface area contributed by atoms with Crippen LogP contribution in [-0.2, 0) is 9.59 Å². The molecule has 0 spiro atoms. The maximum atomic E-state index is 11.0. The SMILES string of the molecule is CN1CCC(C)(C(CCCCC(=O)O)CCCC(=O)O)C(C)(C)C1(C)C. The number of hydrogen-bond donors (Lipinski definition) is 2. The molecule has 2 N–H and O–H groups in total. The number of piperidine rings is 1. The number of aliphatic carboxylic acids is 2. The molecule has 0 aromatic carbocycles. The van der Waals surface area contributed by atoms with Gasteiger partial charge in [-0.15, -0.1) is 0 Å². The van der Waals surface area contributed by atoms with Crippen molar-refractivity contribution < 1.29 is 19.8 Å². The fraction of sp³-hybridized carbons (Fsp3) is 0.905. The highest BCUT2D eigenvalue weighted by atomic mass is 16.4. The summed E-state index contributed by atoms with van der Waals surface area (Å²) in [5, 5.41) is 17.9. The van der Waals surface area contributed by atoms with E-state index in [4.69, 9.17) is 10.2 Å². The molecule has 1 fully saturated rings. The van der Waals surface area contributed by atoms with Gasteiger partial charge in [0.15, 0.2) is 0 Å². The monoisotopic (exact) mass is 369 g/mol. The summed E-state index contributed by atoms with van der Waals surface area (Å²) in [6, 6.07) is 0. The summed E-state index contributed by atoms with van der Waals surface area (Å²) in [5.41, 5.74) is 0.213. The van der Waals surface area contributed by atoms with Crippen LogP contribution in [0.2, 0.25) is 0 Å². The first-order valence-corrected chi connectivity index (χ1v) is 10.0. The number of rotatable bonds is 10. The molecule has 26 heavy (non-hydrogen) atoms.